The number of rotatable bonds is 14. The van der Waals surface area contributed by atoms with Crippen LogP contribution in [0.15, 0.2) is 48.5 Å². The smallest absolute Gasteiger partial charge is 0.359 e. The molecule has 6 amide bonds. The first-order chi connectivity index (χ1) is 26.0. The number of benzene rings is 2. The second-order valence-corrected chi connectivity index (χ2v) is 15.1. The van der Waals surface area contributed by atoms with Crippen LogP contribution in [0.2, 0.25) is 0 Å². The molecule has 0 spiro atoms. The van der Waals surface area contributed by atoms with Crippen LogP contribution in [0.25, 0.3) is 0 Å². The van der Waals surface area contributed by atoms with Crippen molar-refractivity contribution < 1.29 is 61.9 Å². The van der Waals surface area contributed by atoms with Gasteiger partial charge in [-0.25, -0.2) is 14.8 Å². The molecule has 5 rings (SSSR count). The van der Waals surface area contributed by atoms with E-state index in [9.17, 15) is 47.7 Å². The first-order valence-corrected chi connectivity index (χ1v) is 18.1. The molecule has 3 heterocycles. The minimum atomic E-state index is -2.57. The van der Waals surface area contributed by atoms with Crippen LogP contribution in [0.1, 0.15) is 51.8 Å². The molecular weight excluding hydrogens is 744 g/mol. The molecule has 3 fully saturated rings. The summed E-state index contributed by atoms with van der Waals surface area (Å²) in [5.41, 5.74) is -2.26. The molecule has 20 heteroatoms. The molecule has 0 aliphatic carbocycles. The highest BCUT2D eigenvalue weighted by Crippen LogP contribution is 2.52. The van der Waals surface area contributed by atoms with Crippen LogP contribution in [-0.4, -0.2) is 120 Å². The highest BCUT2D eigenvalue weighted by molar-refractivity contribution is 7.94. The summed E-state index contributed by atoms with van der Waals surface area (Å²) in [5.74, 6) is -7.87. The summed E-state index contributed by atoms with van der Waals surface area (Å²) in [6.45, 7) is 5.94. The fraction of sp³-hybridized carbons (Fsp3) is 0.400. The van der Waals surface area contributed by atoms with Crippen molar-refractivity contribution in [1.82, 2.24) is 30.5 Å². The summed E-state index contributed by atoms with van der Waals surface area (Å²) in [6, 6.07) is 8.46. The van der Waals surface area contributed by atoms with Gasteiger partial charge in [-0.1, -0.05) is 36.4 Å². The van der Waals surface area contributed by atoms with Gasteiger partial charge in [-0.2, -0.15) is 0 Å². The van der Waals surface area contributed by atoms with Gasteiger partial charge in [0, 0.05) is 26.9 Å². The second-order valence-electron chi connectivity index (χ2n) is 13.0. The average Bonchev–Trinajstić information content (AvgIpc) is 3.29. The van der Waals surface area contributed by atoms with E-state index in [4.69, 9.17) is 14.2 Å². The van der Waals surface area contributed by atoms with Gasteiger partial charge < -0.3 is 34.3 Å². The average molecular weight is 783 g/mol. The fourth-order valence-corrected chi connectivity index (χ4v) is 8.74. The number of hydrogen-bond acceptors (Lipinski definition) is 13. The molecule has 5 atom stereocenters. The number of carbonyl (C=O) groups excluding carboxylic acids is 9. The molecule has 0 radical (unpaired) electrons. The number of esters is 3. The Morgan fingerprint density at radius 3 is 2.24 bits per heavy atom. The number of carbonyl (C=O) groups is 9. The minimum Gasteiger partial charge on any atom is -0.614 e. The van der Waals surface area contributed by atoms with Crippen molar-refractivity contribution in [3.63, 3.8) is 0 Å². The van der Waals surface area contributed by atoms with E-state index < -0.39 is 80.6 Å². The van der Waals surface area contributed by atoms with Crippen LogP contribution in [0.3, 0.4) is 0 Å². The Labute approximate surface area is 317 Å². The summed E-state index contributed by atoms with van der Waals surface area (Å²) in [5, 5.41) is 4.82. The molecule has 55 heavy (non-hydrogen) atoms. The van der Waals surface area contributed by atoms with Gasteiger partial charge in [0.25, 0.3) is 17.5 Å². The van der Waals surface area contributed by atoms with Gasteiger partial charge in [0.15, 0.2) is 28.3 Å². The van der Waals surface area contributed by atoms with Crippen molar-refractivity contribution in [2.24, 2.45) is 0 Å². The van der Waals surface area contributed by atoms with Crippen molar-refractivity contribution in [2.75, 3.05) is 19.6 Å². The highest BCUT2D eigenvalue weighted by atomic mass is 32.2. The molecule has 2 aromatic rings. The maximum absolute atomic E-state index is 15.0. The van der Waals surface area contributed by atoms with Gasteiger partial charge in [-0.3, -0.25) is 43.3 Å². The number of likely N-dealkylation sites (N-methyl/N-ethyl adjacent to an activating group) is 1. The Morgan fingerprint density at radius 1 is 0.982 bits per heavy atom. The lowest BCUT2D eigenvalue weighted by atomic mass is 9.87. The molecule has 0 saturated carbocycles. The third kappa shape index (κ3) is 7.05. The summed E-state index contributed by atoms with van der Waals surface area (Å²) in [7, 11) is 0. The monoisotopic (exact) mass is 782 g/mol. The zero-order chi connectivity index (χ0) is 40.4. The lowest BCUT2D eigenvalue weighted by Crippen LogP contribution is -2.80. The zero-order valence-electron chi connectivity index (χ0n) is 30.3. The van der Waals surface area contributed by atoms with Gasteiger partial charge in [-0.15, -0.1) is 0 Å². The van der Waals surface area contributed by atoms with Crippen molar-refractivity contribution in [1.29, 1.82) is 0 Å². The molecule has 292 valence electrons. The van der Waals surface area contributed by atoms with Gasteiger partial charge in [0.05, 0.1) is 6.54 Å². The molecule has 0 aromatic heterocycles. The molecule has 19 nitrogen and oxygen atoms in total. The third-order valence-electron chi connectivity index (χ3n) is 9.42. The topological polar surface area (TPSA) is 241 Å². The molecule has 2 aromatic carbocycles. The Morgan fingerprint density at radius 2 is 1.64 bits per heavy atom. The van der Waals surface area contributed by atoms with E-state index in [0.29, 0.717) is 10.6 Å². The predicted octanol–water partition coefficient (Wildman–Crippen LogP) is -0.978. The van der Waals surface area contributed by atoms with Crippen LogP contribution in [0.4, 0.5) is 0 Å². The number of piperazine rings is 1. The fourth-order valence-electron chi connectivity index (χ4n) is 6.72. The molecule has 3 aliphatic heterocycles. The van der Waals surface area contributed by atoms with Gasteiger partial charge in [0.1, 0.15) is 6.61 Å². The Balaban J connectivity index is 1.67. The van der Waals surface area contributed by atoms with Gasteiger partial charge in [0.2, 0.25) is 18.2 Å². The summed E-state index contributed by atoms with van der Waals surface area (Å²) >= 11 is -2.17. The quantitative estimate of drug-likeness (QED) is 0.0586. The van der Waals surface area contributed by atoms with Gasteiger partial charge >= 0.3 is 29.7 Å². The number of fused-ring (bicyclic) bond motifs is 1. The maximum Gasteiger partial charge on any atom is 0.359 e. The summed E-state index contributed by atoms with van der Waals surface area (Å²) in [4.78, 5) is 120. The van der Waals surface area contributed by atoms with Crippen molar-refractivity contribution in [3.05, 3.63) is 59.7 Å². The normalized spacial score (nSPS) is 23.1. The van der Waals surface area contributed by atoms with Crippen LogP contribution in [0, 0.1) is 0 Å². The predicted molar refractivity (Wildman–Crippen MR) is 187 cm³/mol. The first-order valence-electron chi connectivity index (χ1n) is 16.9. The minimum absolute atomic E-state index is 0.0410. The maximum atomic E-state index is 15.0. The van der Waals surface area contributed by atoms with Crippen LogP contribution in [-0.2, 0) is 65.7 Å². The Kier molecular flexibility index (Phi) is 11.5. The molecule has 0 bridgehead atoms. The number of nitrogens with one attached hydrogen (secondary N) is 2. The summed E-state index contributed by atoms with van der Waals surface area (Å²) in [6.07, 6.45) is 0.313. The van der Waals surface area contributed by atoms with Crippen molar-refractivity contribution in [2.45, 2.75) is 69.1 Å². The highest BCUT2D eigenvalue weighted by Gasteiger charge is 2.82. The lowest BCUT2D eigenvalue weighted by Gasteiger charge is -2.47. The largest absolute Gasteiger partial charge is 0.614 e. The molecule has 2 unspecified atom stereocenters. The number of hydrogen-bond donors (Lipinski definition) is 2. The summed E-state index contributed by atoms with van der Waals surface area (Å²) < 4.78 is 28.4. The first kappa shape index (κ1) is 40.2. The number of ether oxygens (including phenoxy) is 3. The number of amides is 6. The number of hydrazine groups is 1. The zero-order valence-corrected chi connectivity index (χ0v) is 31.2. The SMILES string of the molecule is CCN1CCN(N(C=O)C(C(=O)N[C@@]2(C(=O)OCc3ccccc3)N3C(=O)[C@@H](NC=O)[C@H]3[S+]([O-])C2(C)C)c2ccc(OC(C)=O)c(OC(C)=O)c2)C(=O)C1=O. The standard InChI is InChI=1S/C35H38N6O13S/c1-6-38-14-15-39(31(49)30(38)48)40(19-43)27(23-12-13-24(53-20(2)44)25(16-23)54-21(3)45)28(46)37-35(33(50)52-17-22-10-8-7-9-11-22)34(4,5)55(51)32-26(36-18-42)29(47)41(32)35/h7-13,16,18-19,26-27,32H,6,14-15,17H2,1-5H3,(H,36,42)(H,37,46)/t26-,27?,32-,35+,55?/m1/s1. The van der Waals surface area contributed by atoms with E-state index in [0.717, 1.165) is 35.9 Å². The Bertz CT molecular complexity index is 1930. The Hall–Kier alpha value is -6.02. The van der Waals surface area contributed by atoms with E-state index in [1.807, 2.05) is 0 Å². The molecule has 3 aliphatic rings. The molecular formula is C35H38N6O13S. The van der Waals surface area contributed by atoms with E-state index in [1.165, 1.54) is 24.8 Å². The van der Waals surface area contributed by atoms with E-state index >= 15 is 0 Å². The van der Waals surface area contributed by atoms with Crippen LogP contribution >= 0.6 is 0 Å². The van der Waals surface area contributed by atoms with E-state index in [1.54, 1.807) is 37.3 Å². The van der Waals surface area contributed by atoms with Crippen molar-refractivity contribution >= 4 is 65.5 Å². The van der Waals surface area contributed by atoms with E-state index in [-0.39, 0.29) is 56.1 Å². The van der Waals surface area contributed by atoms with Crippen LogP contribution in [0.5, 0.6) is 11.5 Å². The second kappa shape index (κ2) is 15.8. The lowest BCUT2D eigenvalue weighted by molar-refractivity contribution is -0.184. The van der Waals surface area contributed by atoms with Crippen LogP contribution < -0.4 is 20.1 Å². The number of β-lactam (4-membered cyclic amide) rings is 1. The van der Waals surface area contributed by atoms with Gasteiger partial charge in [-0.05, 0) is 55.2 Å². The van der Waals surface area contributed by atoms with E-state index in [2.05, 4.69) is 10.6 Å². The van der Waals surface area contributed by atoms with Crippen molar-refractivity contribution in [3.8, 4) is 11.5 Å². The number of nitrogens with zero attached hydrogens (tertiary/aromatic N) is 4. The molecule has 3 saturated heterocycles. The molecule has 2 N–H and O–H groups in total. The third-order valence-corrected chi connectivity index (χ3v) is 11.6.